The minimum atomic E-state index is -4.62. The normalized spacial score (nSPS) is 19.6. The first-order valence-electron chi connectivity index (χ1n) is 21.6. The Bertz CT molecular complexity index is 2390. The van der Waals surface area contributed by atoms with E-state index in [1.165, 1.54) is 18.2 Å². The third kappa shape index (κ3) is 15.7. The van der Waals surface area contributed by atoms with Crippen LogP contribution in [0.2, 0.25) is 0 Å². The predicted molar refractivity (Wildman–Crippen MR) is 248 cm³/mol. The van der Waals surface area contributed by atoms with Gasteiger partial charge in [0.15, 0.2) is 0 Å². The van der Waals surface area contributed by atoms with Crippen LogP contribution in [0.15, 0.2) is 82.4 Å². The van der Waals surface area contributed by atoms with Crippen molar-refractivity contribution in [3.8, 4) is 0 Å². The molecule has 0 bridgehead atoms. The Morgan fingerprint density at radius 1 is 0.742 bits per heavy atom. The van der Waals surface area contributed by atoms with Crippen LogP contribution in [0.25, 0.3) is 0 Å². The quantitative estimate of drug-likeness (QED) is 0.0155. The lowest BCUT2D eigenvalue weighted by atomic mass is 9.77. The van der Waals surface area contributed by atoms with Crippen LogP contribution in [0, 0.1) is 6.92 Å². The molecule has 2 aromatic rings. The number of rotatable bonds is 31. The molecule has 21 heteroatoms. The number of ether oxygens (including phenoxy) is 1. The maximum atomic E-state index is 14.3. The van der Waals surface area contributed by atoms with Gasteiger partial charge in [-0.2, -0.15) is 8.42 Å². The second kappa shape index (κ2) is 24.3. The van der Waals surface area contributed by atoms with Gasteiger partial charge >= 0.3 is 25.5 Å². The molecule has 0 spiro atoms. The maximum absolute atomic E-state index is 14.3. The average Bonchev–Trinajstić information content (AvgIpc) is 3.69. The van der Waals surface area contributed by atoms with Crippen molar-refractivity contribution in [2.24, 2.45) is 4.99 Å². The van der Waals surface area contributed by atoms with Gasteiger partial charge in [-0.05, 0) is 107 Å². The number of aliphatic imine (C=N–C) groups is 1. The number of hydrogen-bond acceptors (Lipinski definition) is 14. The zero-order chi connectivity index (χ0) is 48.6. The number of nitrogens with one attached hydrogen (secondary N) is 1. The number of aliphatic carboxylic acids is 3. The molecule has 18 nitrogen and oxygen atoms in total. The van der Waals surface area contributed by atoms with Gasteiger partial charge in [-0.25, -0.2) is 0 Å². The van der Waals surface area contributed by atoms with Crippen molar-refractivity contribution in [1.82, 2.24) is 0 Å². The van der Waals surface area contributed by atoms with Crippen molar-refractivity contribution < 1.29 is 74.9 Å². The highest BCUT2D eigenvalue weighted by atomic mass is 32.2. The van der Waals surface area contributed by atoms with E-state index in [0.29, 0.717) is 49.1 Å². The van der Waals surface area contributed by atoms with Gasteiger partial charge < -0.3 is 38.9 Å². The number of carboxylic acid groups (broad SMARTS) is 3. The molecular weight excluding hydrogens is 919 g/mol. The van der Waals surface area contributed by atoms with Crippen molar-refractivity contribution in [3.05, 3.63) is 89.2 Å². The molecule has 0 fully saturated rings. The van der Waals surface area contributed by atoms with E-state index in [1.807, 2.05) is 31.2 Å². The van der Waals surface area contributed by atoms with Crippen LogP contribution in [-0.4, -0.2) is 103 Å². The third-order valence-corrected chi connectivity index (χ3v) is 16.8. The van der Waals surface area contributed by atoms with Crippen LogP contribution in [-0.2, 0) is 67.6 Å². The number of benzene rings is 2. The number of carbonyl (C=O) groups excluding carboxylic acids is 1. The number of nitrogens with zero attached hydrogens (tertiary/aromatic N) is 1. The summed E-state index contributed by atoms with van der Waals surface area (Å²) in [5.41, 5.74) is 3.26. The lowest BCUT2D eigenvalue weighted by Gasteiger charge is -2.29. The number of carbonyl (C=O) groups is 4. The molecule has 2 aliphatic rings. The second-order valence-corrected chi connectivity index (χ2v) is 23.0. The molecule has 0 radical (unpaired) electrons. The molecule has 2 heterocycles. The molecule has 0 saturated carbocycles. The summed E-state index contributed by atoms with van der Waals surface area (Å²) in [6, 6.07) is 10.0. The Kier molecular flexibility index (Phi) is 19.9. The highest BCUT2D eigenvalue weighted by Gasteiger charge is 2.42. The standard InChI is InChI=1S/C45H60N2O16P2S/c1-33-17-19-37-35(30-33)44(2,21-28-64(55,27-8-7-14-41(49)50)61-26-11-23-60-32-48)39(46-37)12-5-4-6-13-40-45(3,36-31-34(66(57,58)59)18-20-38(36)47-40)22-29-65(56,62-24-9-15-42(51)52)63-25-10-16-43(53)54/h4-6,12-13,17-20,30-32,46H,7-11,14-16,21-29H2,1-3H3,(H,49,50)(H,51,52)(H,53,54)(H,57,58,59). The summed E-state index contributed by atoms with van der Waals surface area (Å²) in [6.07, 6.45) is 10.2. The summed E-state index contributed by atoms with van der Waals surface area (Å²) in [6.45, 7) is 5.94. The van der Waals surface area contributed by atoms with Crippen LogP contribution in [0.5, 0.6) is 0 Å². The van der Waals surface area contributed by atoms with E-state index < -0.39 is 53.8 Å². The van der Waals surface area contributed by atoms with Gasteiger partial charge in [0.2, 0.25) is 7.37 Å². The third-order valence-electron chi connectivity index (χ3n) is 11.5. The molecule has 0 amide bonds. The zero-order valence-corrected chi connectivity index (χ0v) is 40.0. The van der Waals surface area contributed by atoms with Crippen molar-refractivity contribution in [3.63, 3.8) is 0 Å². The summed E-state index contributed by atoms with van der Waals surface area (Å²) >= 11 is 0. The van der Waals surface area contributed by atoms with E-state index in [9.17, 15) is 41.3 Å². The number of fused-ring (bicyclic) bond motifs is 2. The van der Waals surface area contributed by atoms with Gasteiger partial charge in [-0.15, -0.1) is 0 Å². The fourth-order valence-corrected chi connectivity index (χ4v) is 12.5. The van der Waals surface area contributed by atoms with Gasteiger partial charge in [0.05, 0.1) is 48.9 Å². The first-order chi connectivity index (χ1) is 31.1. The molecule has 3 atom stereocenters. The van der Waals surface area contributed by atoms with Crippen LogP contribution in [0.1, 0.15) is 94.7 Å². The monoisotopic (exact) mass is 978 g/mol. The minimum absolute atomic E-state index is 0.0284. The Hall–Kier alpha value is -4.74. The molecule has 5 N–H and O–H groups in total. The first-order valence-corrected chi connectivity index (χ1v) is 26.8. The van der Waals surface area contributed by atoms with Gasteiger partial charge in [-0.1, -0.05) is 35.9 Å². The second-order valence-electron chi connectivity index (χ2n) is 16.6. The zero-order valence-electron chi connectivity index (χ0n) is 37.4. The number of unbranched alkanes of at least 4 members (excludes halogenated alkanes) is 1. The lowest BCUT2D eigenvalue weighted by Crippen LogP contribution is -2.30. The van der Waals surface area contributed by atoms with Gasteiger partial charge in [0.1, 0.15) is 0 Å². The van der Waals surface area contributed by atoms with Gasteiger partial charge in [0, 0.05) is 60.2 Å². The highest BCUT2D eigenvalue weighted by Crippen LogP contribution is 2.55. The summed E-state index contributed by atoms with van der Waals surface area (Å²) in [4.78, 5) is 48.4. The molecule has 2 aliphatic heterocycles. The predicted octanol–water partition coefficient (Wildman–Crippen LogP) is 8.81. The summed E-state index contributed by atoms with van der Waals surface area (Å²) in [7, 11) is -11.9. The lowest BCUT2D eigenvalue weighted by molar-refractivity contribution is -0.138. The van der Waals surface area contributed by atoms with Crippen LogP contribution < -0.4 is 5.32 Å². The SMILES string of the molecule is Cc1ccc2c(c1)C(C)(CCP(=O)(CCCCC(=O)O)OCCCOC=O)C(=CC=CC=CC1=Nc3ccc(S(=O)(=O)O)cc3C1(C)CCP(=O)(OCCCC(=O)O)OCCCC(=O)O)N2. The molecule has 0 saturated heterocycles. The van der Waals surface area contributed by atoms with E-state index in [-0.39, 0.29) is 88.3 Å². The smallest absolute Gasteiger partial charge is 0.330 e. The number of carboxylic acids is 3. The summed E-state index contributed by atoms with van der Waals surface area (Å²) in [5, 5.41) is 30.8. The highest BCUT2D eigenvalue weighted by molar-refractivity contribution is 7.85. The van der Waals surface area contributed by atoms with Crippen molar-refractivity contribution >= 4 is 66.5 Å². The molecule has 3 unspecified atom stereocenters. The van der Waals surface area contributed by atoms with Crippen molar-refractivity contribution in [2.45, 2.75) is 101 Å². The van der Waals surface area contributed by atoms with Crippen LogP contribution in [0.4, 0.5) is 11.4 Å². The number of anilines is 1. The average molecular weight is 979 g/mol. The van der Waals surface area contributed by atoms with Crippen LogP contribution >= 0.6 is 15.0 Å². The molecule has 0 aromatic heterocycles. The number of aryl methyl sites for hydroxylation is 1. The van der Waals surface area contributed by atoms with Crippen molar-refractivity contribution in [2.75, 3.05) is 50.2 Å². The van der Waals surface area contributed by atoms with Crippen molar-refractivity contribution in [1.29, 1.82) is 0 Å². The Morgan fingerprint density at radius 2 is 1.38 bits per heavy atom. The fraction of sp³-hybridized carbons (Fsp3) is 0.489. The molecule has 0 aliphatic carbocycles. The topological polar surface area (TPSA) is 279 Å². The fourth-order valence-electron chi connectivity index (χ4n) is 7.67. The molecule has 362 valence electrons. The molecule has 2 aromatic carbocycles. The van der Waals surface area contributed by atoms with E-state index in [1.54, 1.807) is 25.2 Å². The van der Waals surface area contributed by atoms with E-state index >= 15 is 0 Å². The van der Waals surface area contributed by atoms with Crippen LogP contribution in [0.3, 0.4) is 0 Å². The van der Waals surface area contributed by atoms with Gasteiger partial charge in [-0.3, -0.25) is 37.9 Å². The molecular formula is C45H60N2O16P2S. The molecule has 4 rings (SSSR count). The number of allylic oxidation sites excluding steroid dienone is 6. The van der Waals surface area contributed by atoms with E-state index in [0.717, 1.165) is 22.5 Å². The van der Waals surface area contributed by atoms with E-state index in [2.05, 4.69) is 18.3 Å². The van der Waals surface area contributed by atoms with E-state index in [4.69, 9.17) is 38.6 Å². The summed E-state index contributed by atoms with van der Waals surface area (Å²) < 4.78 is 84.8. The Morgan fingerprint density at radius 3 is 2.02 bits per heavy atom. The maximum Gasteiger partial charge on any atom is 0.330 e. The number of hydrogen-bond donors (Lipinski definition) is 5. The Labute approximate surface area is 385 Å². The first kappa shape index (κ1) is 53.9. The summed E-state index contributed by atoms with van der Waals surface area (Å²) in [5.74, 6) is -3.08. The Balaban J connectivity index is 1.61. The van der Waals surface area contributed by atoms with Gasteiger partial charge in [0.25, 0.3) is 16.6 Å². The largest absolute Gasteiger partial charge is 0.481 e. The molecule has 66 heavy (non-hydrogen) atoms. The minimum Gasteiger partial charge on any atom is -0.481 e.